The van der Waals surface area contributed by atoms with Crippen LogP contribution in [0.15, 0.2) is 30.3 Å². The highest BCUT2D eigenvalue weighted by Crippen LogP contribution is 2.24. The highest BCUT2D eigenvalue weighted by molar-refractivity contribution is 5.98. The minimum Gasteiger partial charge on any atom is -0.383 e. The number of methoxy groups -OCH3 is 1. The fraction of sp³-hybridized carbons (Fsp3) is 0.500. The van der Waals surface area contributed by atoms with Gasteiger partial charge in [-0.3, -0.25) is 9.59 Å². The fourth-order valence-corrected chi connectivity index (χ4v) is 2.71. The molecule has 0 aromatic heterocycles. The van der Waals surface area contributed by atoms with Crippen molar-refractivity contribution < 1.29 is 14.3 Å². The summed E-state index contributed by atoms with van der Waals surface area (Å²) in [5.41, 5.74) is 0.846. The van der Waals surface area contributed by atoms with Crippen molar-refractivity contribution in [1.29, 1.82) is 0 Å². The van der Waals surface area contributed by atoms with E-state index in [1.165, 1.54) is 0 Å². The molecule has 0 saturated carbocycles. The molecule has 5 heteroatoms. The molecule has 0 unspecified atom stereocenters. The van der Waals surface area contributed by atoms with Crippen molar-refractivity contribution in [2.24, 2.45) is 5.92 Å². The van der Waals surface area contributed by atoms with Gasteiger partial charge in [0, 0.05) is 32.8 Å². The van der Waals surface area contributed by atoms with Gasteiger partial charge in [-0.1, -0.05) is 18.2 Å². The van der Waals surface area contributed by atoms with Crippen LogP contribution in [-0.2, 0) is 14.3 Å². The average molecular weight is 290 g/mol. The maximum Gasteiger partial charge on any atom is 0.232 e. The van der Waals surface area contributed by atoms with E-state index in [1.807, 2.05) is 37.3 Å². The summed E-state index contributed by atoms with van der Waals surface area (Å²) in [6, 6.07) is 9.48. The summed E-state index contributed by atoms with van der Waals surface area (Å²) in [5.74, 6) is -0.261. The molecule has 1 fully saturated rings. The first kappa shape index (κ1) is 15.5. The SMILES string of the molecule is COC[C@@H](C)N1C[C@@H](C(=O)N(C)c2ccccc2)CC1=O. The number of anilines is 1. The van der Waals surface area contributed by atoms with E-state index in [9.17, 15) is 9.59 Å². The molecule has 2 amide bonds. The van der Waals surface area contributed by atoms with Crippen LogP contribution >= 0.6 is 0 Å². The molecule has 1 aliphatic rings. The zero-order valence-electron chi connectivity index (χ0n) is 12.8. The van der Waals surface area contributed by atoms with E-state index in [2.05, 4.69) is 0 Å². The van der Waals surface area contributed by atoms with Crippen LogP contribution in [0, 0.1) is 5.92 Å². The normalized spacial score (nSPS) is 19.7. The third kappa shape index (κ3) is 3.42. The number of hydrogen-bond donors (Lipinski definition) is 0. The minimum absolute atomic E-state index is 0.00216. The first-order valence-corrected chi connectivity index (χ1v) is 7.15. The van der Waals surface area contributed by atoms with Crippen LogP contribution in [0.1, 0.15) is 13.3 Å². The molecule has 1 heterocycles. The molecule has 1 aliphatic heterocycles. The number of carbonyl (C=O) groups is 2. The van der Waals surface area contributed by atoms with E-state index >= 15 is 0 Å². The van der Waals surface area contributed by atoms with Gasteiger partial charge >= 0.3 is 0 Å². The van der Waals surface area contributed by atoms with Crippen LogP contribution in [0.25, 0.3) is 0 Å². The molecule has 0 bridgehead atoms. The lowest BCUT2D eigenvalue weighted by atomic mass is 10.1. The topological polar surface area (TPSA) is 49.9 Å². The minimum atomic E-state index is -0.276. The van der Waals surface area contributed by atoms with E-state index in [-0.39, 0.29) is 30.2 Å². The standard InChI is InChI=1S/C16H22N2O3/c1-12(11-21-3)18-10-13(9-15(18)19)16(20)17(2)14-7-5-4-6-8-14/h4-8,12-13H,9-11H2,1-3H3/t12-,13+/m1/s1. The average Bonchev–Trinajstić information content (AvgIpc) is 2.89. The Hall–Kier alpha value is -1.88. The molecule has 1 aromatic rings. The number of ether oxygens (including phenoxy) is 1. The van der Waals surface area contributed by atoms with Gasteiger partial charge in [0.15, 0.2) is 0 Å². The predicted octanol–water partition coefficient (Wildman–Crippen LogP) is 1.53. The summed E-state index contributed by atoms with van der Waals surface area (Å²) in [7, 11) is 3.37. The Kier molecular flexibility index (Phi) is 4.96. The number of carbonyl (C=O) groups excluding carboxylic acids is 2. The van der Waals surface area contributed by atoms with Crippen molar-refractivity contribution >= 4 is 17.5 Å². The van der Waals surface area contributed by atoms with E-state index in [4.69, 9.17) is 4.74 Å². The molecule has 2 atom stereocenters. The second-order valence-electron chi connectivity index (χ2n) is 5.48. The fourth-order valence-electron chi connectivity index (χ4n) is 2.71. The molecule has 0 aliphatic carbocycles. The van der Waals surface area contributed by atoms with Crippen molar-refractivity contribution in [3.8, 4) is 0 Å². The van der Waals surface area contributed by atoms with Crippen molar-refractivity contribution in [2.75, 3.05) is 32.2 Å². The Morgan fingerprint density at radius 2 is 2.10 bits per heavy atom. The highest BCUT2D eigenvalue weighted by atomic mass is 16.5. The second-order valence-corrected chi connectivity index (χ2v) is 5.48. The molecule has 2 rings (SSSR count). The summed E-state index contributed by atoms with van der Waals surface area (Å²) in [4.78, 5) is 28.0. The Balaban J connectivity index is 2.03. The molecule has 114 valence electrons. The summed E-state index contributed by atoms with van der Waals surface area (Å²) < 4.78 is 5.09. The Morgan fingerprint density at radius 3 is 2.71 bits per heavy atom. The number of nitrogens with zero attached hydrogens (tertiary/aromatic N) is 2. The number of para-hydroxylation sites is 1. The maximum atomic E-state index is 12.5. The zero-order valence-corrected chi connectivity index (χ0v) is 12.8. The number of benzene rings is 1. The van der Waals surface area contributed by atoms with E-state index in [0.29, 0.717) is 13.2 Å². The van der Waals surface area contributed by atoms with Crippen LogP contribution in [0.3, 0.4) is 0 Å². The third-order valence-corrected chi connectivity index (χ3v) is 3.92. The Labute approximate surface area is 125 Å². The third-order valence-electron chi connectivity index (χ3n) is 3.92. The van der Waals surface area contributed by atoms with Gasteiger partial charge in [0.25, 0.3) is 0 Å². The lowest BCUT2D eigenvalue weighted by Gasteiger charge is -2.25. The largest absolute Gasteiger partial charge is 0.383 e. The van der Waals surface area contributed by atoms with Gasteiger partial charge in [0.05, 0.1) is 18.6 Å². The first-order chi connectivity index (χ1) is 10.0. The van der Waals surface area contributed by atoms with Gasteiger partial charge in [-0.2, -0.15) is 0 Å². The van der Waals surface area contributed by atoms with Crippen molar-refractivity contribution in [2.45, 2.75) is 19.4 Å². The molecular formula is C16H22N2O3. The summed E-state index contributed by atoms with van der Waals surface area (Å²) in [5, 5.41) is 0. The van der Waals surface area contributed by atoms with Crippen LogP contribution in [0.4, 0.5) is 5.69 Å². The summed E-state index contributed by atoms with van der Waals surface area (Å²) >= 11 is 0. The monoisotopic (exact) mass is 290 g/mol. The van der Waals surface area contributed by atoms with Gasteiger partial charge in [-0.15, -0.1) is 0 Å². The lowest BCUT2D eigenvalue weighted by molar-refractivity contribution is -0.130. The first-order valence-electron chi connectivity index (χ1n) is 7.15. The smallest absolute Gasteiger partial charge is 0.232 e. The van der Waals surface area contributed by atoms with E-state index < -0.39 is 0 Å². The second kappa shape index (κ2) is 6.72. The number of hydrogen-bond acceptors (Lipinski definition) is 3. The molecule has 1 saturated heterocycles. The van der Waals surface area contributed by atoms with E-state index in [1.54, 1.807) is 24.0 Å². The molecule has 1 aromatic carbocycles. The lowest BCUT2D eigenvalue weighted by Crippen LogP contribution is -2.39. The van der Waals surface area contributed by atoms with Gasteiger partial charge in [0.1, 0.15) is 0 Å². The Morgan fingerprint density at radius 1 is 1.43 bits per heavy atom. The number of rotatable bonds is 5. The molecule has 0 radical (unpaired) electrons. The summed E-state index contributed by atoms with van der Waals surface area (Å²) in [6.45, 7) is 2.90. The molecule has 5 nitrogen and oxygen atoms in total. The molecule has 21 heavy (non-hydrogen) atoms. The number of amides is 2. The predicted molar refractivity (Wildman–Crippen MR) is 81.0 cm³/mol. The van der Waals surface area contributed by atoms with Crippen molar-refractivity contribution in [1.82, 2.24) is 4.90 Å². The Bertz CT molecular complexity index is 504. The summed E-state index contributed by atoms with van der Waals surface area (Å²) in [6.07, 6.45) is 0.282. The maximum absolute atomic E-state index is 12.5. The highest BCUT2D eigenvalue weighted by Gasteiger charge is 2.37. The van der Waals surface area contributed by atoms with E-state index in [0.717, 1.165) is 5.69 Å². The quantitative estimate of drug-likeness (QED) is 0.826. The number of likely N-dealkylation sites (tertiary alicyclic amines) is 1. The zero-order chi connectivity index (χ0) is 15.4. The molecular weight excluding hydrogens is 268 g/mol. The van der Waals surface area contributed by atoms with Crippen molar-refractivity contribution in [3.05, 3.63) is 30.3 Å². The van der Waals surface area contributed by atoms with Crippen molar-refractivity contribution in [3.63, 3.8) is 0 Å². The van der Waals surface area contributed by atoms with Crippen LogP contribution < -0.4 is 4.90 Å². The van der Waals surface area contributed by atoms with Gasteiger partial charge in [0.2, 0.25) is 11.8 Å². The van der Waals surface area contributed by atoms with Gasteiger partial charge in [-0.25, -0.2) is 0 Å². The van der Waals surface area contributed by atoms with Gasteiger partial charge < -0.3 is 14.5 Å². The van der Waals surface area contributed by atoms with Crippen LogP contribution in [-0.4, -0.2) is 50.1 Å². The van der Waals surface area contributed by atoms with Crippen LogP contribution in [0.2, 0.25) is 0 Å². The molecule has 0 N–H and O–H groups in total. The molecule has 0 spiro atoms. The van der Waals surface area contributed by atoms with Crippen LogP contribution in [0.5, 0.6) is 0 Å². The van der Waals surface area contributed by atoms with Gasteiger partial charge in [-0.05, 0) is 19.1 Å².